The van der Waals surface area contributed by atoms with Crippen LogP contribution in [0.15, 0.2) is 41.2 Å². The summed E-state index contributed by atoms with van der Waals surface area (Å²) < 4.78 is 0. The summed E-state index contributed by atoms with van der Waals surface area (Å²) in [7, 11) is 0. The van der Waals surface area contributed by atoms with Gasteiger partial charge in [-0.2, -0.15) is 0 Å². The summed E-state index contributed by atoms with van der Waals surface area (Å²) in [6.45, 7) is 4.98. The van der Waals surface area contributed by atoms with Crippen molar-refractivity contribution in [2.45, 2.75) is 20.4 Å². The Labute approximate surface area is 116 Å². The summed E-state index contributed by atoms with van der Waals surface area (Å²) in [6, 6.07) is 12.3. The Kier molecular flexibility index (Phi) is 3.06. The van der Waals surface area contributed by atoms with Crippen LogP contribution in [0.4, 0.5) is 5.69 Å². The van der Waals surface area contributed by atoms with E-state index in [0.717, 1.165) is 23.3 Å². The smallest absolute Gasteiger partial charge is 0.323 e. The van der Waals surface area contributed by atoms with Crippen molar-refractivity contribution in [3.8, 4) is 0 Å². The van der Waals surface area contributed by atoms with Crippen LogP contribution in [0.3, 0.4) is 0 Å². The van der Waals surface area contributed by atoms with Crippen molar-refractivity contribution < 1.29 is 0 Å². The molecule has 3 aromatic rings. The summed E-state index contributed by atoms with van der Waals surface area (Å²) >= 11 is 0. The van der Waals surface area contributed by atoms with E-state index in [1.807, 2.05) is 18.2 Å². The number of aryl methyl sites for hydroxylation is 2. The molecular weight excluding hydrogens is 250 g/mol. The van der Waals surface area contributed by atoms with Crippen molar-refractivity contribution in [3.05, 3.63) is 63.6 Å². The fourth-order valence-electron chi connectivity index (χ4n) is 2.52. The molecule has 0 saturated heterocycles. The van der Waals surface area contributed by atoms with Crippen molar-refractivity contribution in [3.63, 3.8) is 0 Å². The van der Waals surface area contributed by atoms with Gasteiger partial charge in [0.25, 0.3) is 0 Å². The number of fused-ring (bicyclic) bond motifs is 1. The molecule has 3 rings (SSSR count). The second-order valence-corrected chi connectivity index (χ2v) is 5.19. The quantitative estimate of drug-likeness (QED) is 0.683. The largest absolute Gasteiger partial charge is 0.381 e. The van der Waals surface area contributed by atoms with Gasteiger partial charge in [-0.1, -0.05) is 29.3 Å². The van der Waals surface area contributed by atoms with E-state index in [-0.39, 0.29) is 5.69 Å². The van der Waals surface area contributed by atoms with Crippen LogP contribution in [-0.2, 0) is 6.54 Å². The number of hydrogen-bond acceptors (Lipinski definition) is 2. The first-order valence-electron chi connectivity index (χ1n) is 6.63. The van der Waals surface area contributed by atoms with Crippen LogP contribution in [-0.4, -0.2) is 9.97 Å². The maximum atomic E-state index is 11.2. The molecule has 4 nitrogen and oxygen atoms in total. The van der Waals surface area contributed by atoms with Gasteiger partial charge in [-0.3, -0.25) is 0 Å². The lowest BCUT2D eigenvalue weighted by Crippen LogP contribution is -2.00. The summed E-state index contributed by atoms with van der Waals surface area (Å²) in [6.07, 6.45) is 0. The van der Waals surface area contributed by atoms with Crippen molar-refractivity contribution in [2.75, 3.05) is 5.32 Å². The van der Waals surface area contributed by atoms with E-state index in [4.69, 9.17) is 0 Å². The van der Waals surface area contributed by atoms with E-state index < -0.39 is 0 Å². The first-order valence-corrected chi connectivity index (χ1v) is 6.63. The Hall–Kier alpha value is -2.49. The number of aromatic amines is 2. The molecule has 4 heteroatoms. The van der Waals surface area contributed by atoms with E-state index in [0.29, 0.717) is 0 Å². The average molecular weight is 267 g/mol. The molecule has 0 spiro atoms. The number of nitrogens with one attached hydrogen (secondary N) is 3. The number of H-pyrrole nitrogens is 2. The molecule has 0 fully saturated rings. The fraction of sp³-hybridized carbons (Fsp3) is 0.188. The van der Waals surface area contributed by atoms with Gasteiger partial charge < -0.3 is 15.3 Å². The molecule has 1 aromatic heterocycles. The van der Waals surface area contributed by atoms with Crippen LogP contribution in [0.25, 0.3) is 11.0 Å². The second-order valence-electron chi connectivity index (χ2n) is 5.19. The van der Waals surface area contributed by atoms with E-state index in [9.17, 15) is 4.79 Å². The van der Waals surface area contributed by atoms with Crippen LogP contribution >= 0.6 is 0 Å². The fourth-order valence-corrected chi connectivity index (χ4v) is 2.52. The second kappa shape index (κ2) is 4.89. The highest BCUT2D eigenvalue weighted by molar-refractivity contribution is 5.78. The van der Waals surface area contributed by atoms with Crippen molar-refractivity contribution in [1.29, 1.82) is 0 Å². The Bertz CT molecular complexity index is 794. The Morgan fingerprint density at radius 1 is 0.950 bits per heavy atom. The van der Waals surface area contributed by atoms with Crippen molar-refractivity contribution in [1.82, 2.24) is 9.97 Å². The van der Waals surface area contributed by atoms with Gasteiger partial charge in [0.15, 0.2) is 0 Å². The third-order valence-corrected chi connectivity index (χ3v) is 3.29. The lowest BCUT2D eigenvalue weighted by molar-refractivity contribution is 1.13. The maximum Gasteiger partial charge on any atom is 0.323 e. The minimum atomic E-state index is -0.175. The van der Waals surface area contributed by atoms with Gasteiger partial charge in [0.2, 0.25) is 0 Å². The third-order valence-electron chi connectivity index (χ3n) is 3.29. The molecule has 1 heterocycles. The topological polar surface area (TPSA) is 60.7 Å². The van der Waals surface area contributed by atoms with Crippen molar-refractivity contribution in [2.24, 2.45) is 0 Å². The summed E-state index contributed by atoms with van der Waals surface area (Å²) in [5.74, 6) is 0. The van der Waals surface area contributed by atoms with Crippen LogP contribution in [0, 0.1) is 13.8 Å². The van der Waals surface area contributed by atoms with Gasteiger partial charge in [-0.05, 0) is 37.6 Å². The predicted octanol–water partition coefficient (Wildman–Crippen LogP) is 3.09. The highest BCUT2D eigenvalue weighted by Crippen LogP contribution is 2.16. The van der Waals surface area contributed by atoms with Gasteiger partial charge in [0.05, 0.1) is 11.0 Å². The Balaban J connectivity index is 1.80. The Morgan fingerprint density at radius 3 is 2.40 bits per heavy atom. The van der Waals surface area contributed by atoms with E-state index in [1.165, 1.54) is 16.7 Å². The minimum absolute atomic E-state index is 0.175. The molecule has 0 atom stereocenters. The molecule has 0 aliphatic rings. The molecule has 0 amide bonds. The van der Waals surface area contributed by atoms with E-state index in [2.05, 4.69) is 47.3 Å². The molecule has 3 N–H and O–H groups in total. The highest BCUT2D eigenvalue weighted by atomic mass is 16.1. The molecule has 2 aromatic carbocycles. The average Bonchev–Trinajstić information content (AvgIpc) is 2.74. The van der Waals surface area contributed by atoms with Crippen LogP contribution < -0.4 is 11.0 Å². The zero-order chi connectivity index (χ0) is 14.1. The monoisotopic (exact) mass is 267 g/mol. The number of aromatic nitrogens is 2. The maximum absolute atomic E-state index is 11.2. The summed E-state index contributed by atoms with van der Waals surface area (Å²) in [4.78, 5) is 16.7. The van der Waals surface area contributed by atoms with Crippen molar-refractivity contribution >= 4 is 16.7 Å². The molecule has 0 aliphatic heterocycles. The first kappa shape index (κ1) is 12.5. The lowest BCUT2D eigenvalue weighted by Gasteiger charge is -2.08. The zero-order valence-corrected chi connectivity index (χ0v) is 11.6. The standard InChI is InChI=1S/C16H17N3O/c1-10-5-11(2)7-12(6-10)9-17-13-3-4-14-15(8-13)19-16(20)18-14/h3-8,17H,9H2,1-2H3,(H2,18,19,20). The van der Waals surface area contributed by atoms with E-state index >= 15 is 0 Å². The molecule has 102 valence electrons. The number of anilines is 1. The third kappa shape index (κ3) is 2.59. The molecule has 20 heavy (non-hydrogen) atoms. The lowest BCUT2D eigenvalue weighted by atomic mass is 10.1. The molecule has 0 saturated carbocycles. The molecule has 0 unspecified atom stereocenters. The molecular formula is C16H17N3O. The predicted molar refractivity (Wildman–Crippen MR) is 82.2 cm³/mol. The van der Waals surface area contributed by atoms with Gasteiger partial charge in [0.1, 0.15) is 0 Å². The van der Waals surface area contributed by atoms with Gasteiger partial charge >= 0.3 is 5.69 Å². The normalized spacial score (nSPS) is 10.9. The molecule has 0 bridgehead atoms. The number of rotatable bonds is 3. The van der Waals surface area contributed by atoms with E-state index in [1.54, 1.807) is 0 Å². The minimum Gasteiger partial charge on any atom is -0.381 e. The number of imidazole rings is 1. The molecule has 0 radical (unpaired) electrons. The van der Waals surface area contributed by atoms with Gasteiger partial charge in [0, 0.05) is 12.2 Å². The van der Waals surface area contributed by atoms with Crippen LogP contribution in [0.1, 0.15) is 16.7 Å². The summed E-state index contributed by atoms with van der Waals surface area (Å²) in [5.41, 5.74) is 6.26. The Morgan fingerprint density at radius 2 is 1.65 bits per heavy atom. The van der Waals surface area contributed by atoms with Crippen LogP contribution in [0.5, 0.6) is 0 Å². The SMILES string of the molecule is Cc1cc(C)cc(CNc2ccc3[nH]c(=O)[nH]c3c2)c1. The van der Waals surface area contributed by atoms with Crippen LogP contribution in [0.2, 0.25) is 0 Å². The zero-order valence-electron chi connectivity index (χ0n) is 11.6. The number of benzene rings is 2. The molecule has 0 aliphatic carbocycles. The first-order chi connectivity index (χ1) is 9.60. The summed E-state index contributed by atoms with van der Waals surface area (Å²) in [5, 5.41) is 3.38. The highest BCUT2D eigenvalue weighted by Gasteiger charge is 2.01. The van der Waals surface area contributed by atoms with Gasteiger partial charge in [-0.15, -0.1) is 0 Å². The van der Waals surface area contributed by atoms with Gasteiger partial charge in [-0.25, -0.2) is 4.79 Å². The number of hydrogen-bond donors (Lipinski definition) is 3.